The largest absolute Gasteiger partial charge is 0.325 e. The van der Waals surface area contributed by atoms with E-state index in [1.165, 1.54) is 6.07 Å². The van der Waals surface area contributed by atoms with Crippen LogP contribution in [-0.2, 0) is 6.42 Å². The molecule has 2 N–H and O–H groups in total. The molecule has 6 nitrogen and oxygen atoms in total. The molecule has 0 fully saturated rings. The lowest BCUT2D eigenvalue weighted by molar-refractivity contribution is 0.0963. The van der Waals surface area contributed by atoms with Gasteiger partial charge in [-0.15, -0.1) is 11.3 Å². The third-order valence-corrected chi connectivity index (χ3v) is 5.44. The smallest absolute Gasteiger partial charge is 0.262 e. The number of nitrogens with one attached hydrogen (secondary N) is 2. The van der Waals surface area contributed by atoms with Crippen molar-refractivity contribution in [3.8, 4) is 0 Å². The van der Waals surface area contributed by atoms with Crippen LogP contribution in [-0.4, -0.2) is 21.7 Å². The Labute approximate surface area is 152 Å². The van der Waals surface area contributed by atoms with Gasteiger partial charge in [0, 0.05) is 34.7 Å². The van der Waals surface area contributed by atoms with Crippen LogP contribution in [0.5, 0.6) is 0 Å². The zero-order chi connectivity index (χ0) is 18.1. The number of carbonyl (C=O) groups excluding carboxylic acids is 2. The monoisotopic (exact) mass is 365 g/mol. The molecule has 0 spiro atoms. The Morgan fingerprint density at radius 1 is 1.19 bits per heavy atom. The molecule has 1 aliphatic carbocycles. The van der Waals surface area contributed by atoms with Crippen LogP contribution in [0.15, 0.2) is 52.8 Å². The first kappa shape index (κ1) is 16.4. The summed E-state index contributed by atoms with van der Waals surface area (Å²) in [5.74, 6) is -0.230. The minimum Gasteiger partial charge on any atom is -0.325 e. The van der Waals surface area contributed by atoms with Crippen LogP contribution in [0.2, 0.25) is 0 Å². The summed E-state index contributed by atoms with van der Waals surface area (Å²) in [6.45, 7) is 0. The molecule has 1 amide bonds. The van der Waals surface area contributed by atoms with E-state index in [9.17, 15) is 14.4 Å². The molecule has 130 valence electrons. The fourth-order valence-electron chi connectivity index (χ4n) is 3.14. The lowest BCUT2D eigenvalue weighted by atomic mass is 9.84. The van der Waals surface area contributed by atoms with Gasteiger partial charge in [-0.1, -0.05) is 12.1 Å². The van der Waals surface area contributed by atoms with Crippen molar-refractivity contribution in [2.45, 2.75) is 18.8 Å². The number of Topliss-reactive ketones (excluding diaryl/α,β-unsaturated/α-hetero) is 1. The normalized spacial score (nSPS) is 16.2. The highest BCUT2D eigenvalue weighted by atomic mass is 32.1. The summed E-state index contributed by atoms with van der Waals surface area (Å²) in [7, 11) is 0. The predicted molar refractivity (Wildman–Crippen MR) is 99.0 cm³/mol. The quantitative estimate of drug-likeness (QED) is 0.746. The number of H-pyrrole nitrogens is 1. The Morgan fingerprint density at radius 2 is 2.08 bits per heavy atom. The molecule has 26 heavy (non-hydrogen) atoms. The first-order chi connectivity index (χ1) is 12.6. The number of aromatic amines is 1. The average Bonchev–Trinajstić information content (AvgIpc) is 3.16. The molecule has 0 aliphatic heterocycles. The molecule has 1 aliphatic rings. The molecule has 3 aromatic heterocycles. The van der Waals surface area contributed by atoms with Crippen LogP contribution in [0, 0.1) is 0 Å². The molecule has 0 saturated heterocycles. The third kappa shape index (κ3) is 3.09. The number of pyridine rings is 2. The summed E-state index contributed by atoms with van der Waals surface area (Å²) in [6.07, 6.45) is 2.50. The van der Waals surface area contributed by atoms with Crippen LogP contribution in [0.3, 0.4) is 0 Å². The van der Waals surface area contributed by atoms with Crippen LogP contribution >= 0.6 is 11.3 Å². The molecular weight excluding hydrogens is 350 g/mol. The summed E-state index contributed by atoms with van der Waals surface area (Å²) >= 11 is 1.60. The Bertz CT molecular complexity index is 1030. The maximum absolute atomic E-state index is 12.6. The molecule has 1 unspecified atom stereocenters. The fraction of sp³-hybridized carbons (Fsp3) is 0.158. The minimum absolute atomic E-state index is 0.0622. The zero-order valence-corrected chi connectivity index (χ0v) is 14.5. The maximum Gasteiger partial charge on any atom is 0.262 e. The van der Waals surface area contributed by atoms with Crippen molar-refractivity contribution in [2.24, 2.45) is 0 Å². The van der Waals surface area contributed by atoms with E-state index < -0.39 is 11.5 Å². The van der Waals surface area contributed by atoms with Gasteiger partial charge in [0.2, 0.25) is 0 Å². The van der Waals surface area contributed by atoms with Crippen molar-refractivity contribution in [1.82, 2.24) is 9.97 Å². The molecule has 0 radical (unpaired) electrons. The van der Waals surface area contributed by atoms with Gasteiger partial charge in [0.15, 0.2) is 5.78 Å². The van der Waals surface area contributed by atoms with Crippen LogP contribution < -0.4 is 10.9 Å². The second-order valence-electron chi connectivity index (χ2n) is 6.12. The Balaban J connectivity index is 1.64. The Hall–Kier alpha value is -3.06. The summed E-state index contributed by atoms with van der Waals surface area (Å²) in [5, 5.41) is 4.55. The van der Waals surface area contributed by atoms with Gasteiger partial charge < -0.3 is 10.3 Å². The SMILES string of the molecule is O=C1CC(c2cccs2)Cc2[nH]c(=O)c(C(=O)Nc3ccccn3)cc21. The Morgan fingerprint density at radius 3 is 2.81 bits per heavy atom. The van der Waals surface area contributed by atoms with Gasteiger partial charge >= 0.3 is 0 Å². The second-order valence-corrected chi connectivity index (χ2v) is 7.10. The van der Waals surface area contributed by atoms with Crippen LogP contribution in [0.1, 0.15) is 43.6 Å². The van der Waals surface area contributed by atoms with Gasteiger partial charge in [0.05, 0.1) is 0 Å². The summed E-state index contributed by atoms with van der Waals surface area (Å²) in [5.41, 5.74) is 0.428. The van der Waals surface area contributed by atoms with Crippen molar-refractivity contribution < 1.29 is 9.59 Å². The van der Waals surface area contributed by atoms with E-state index in [1.807, 2.05) is 17.5 Å². The molecule has 0 bridgehead atoms. The van der Waals surface area contributed by atoms with Gasteiger partial charge in [-0.25, -0.2) is 4.98 Å². The van der Waals surface area contributed by atoms with Crippen molar-refractivity contribution >= 4 is 28.8 Å². The number of fused-ring (bicyclic) bond motifs is 1. The number of thiophene rings is 1. The fourth-order valence-corrected chi connectivity index (χ4v) is 3.98. The number of ketones is 1. The van der Waals surface area contributed by atoms with E-state index in [-0.39, 0.29) is 17.3 Å². The Kier molecular flexibility index (Phi) is 4.22. The molecule has 0 aromatic carbocycles. The minimum atomic E-state index is -0.582. The predicted octanol–water partition coefficient (Wildman–Crippen LogP) is 3.00. The molecule has 1 atom stereocenters. The number of amides is 1. The van der Waals surface area contributed by atoms with Gasteiger partial charge in [0.25, 0.3) is 11.5 Å². The topological polar surface area (TPSA) is 91.9 Å². The second kappa shape index (κ2) is 6.68. The summed E-state index contributed by atoms with van der Waals surface area (Å²) < 4.78 is 0. The highest BCUT2D eigenvalue weighted by Gasteiger charge is 2.29. The number of carbonyl (C=O) groups is 2. The first-order valence-corrected chi connectivity index (χ1v) is 9.05. The van der Waals surface area contributed by atoms with Crippen LogP contribution in [0.25, 0.3) is 0 Å². The van der Waals surface area contributed by atoms with Crippen molar-refractivity contribution in [3.05, 3.63) is 80.0 Å². The summed E-state index contributed by atoms with van der Waals surface area (Å²) in [6, 6.07) is 10.4. The summed E-state index contributed by atoms with van der Waals surface area (Å²) in [4.78, 5) is 45.2. The average molecular weight is 365 g/mol. The molecule has 0 saturated carbocycles. The number of hydrogen-bond donors (Lipinski definition) is 2. The molecule has 3 heterocycles. The lowest BCUT2D eigenvalue weighted by Gasteiger charge is -2.22. The van der Waals surface area contributed by atoms with Gasteiger partial charge in [-0.2, -0.15) is 0 Å². The lowest BCUT2D eigenvalue weighted by Crippen LogP contribution is -2.29. The number of hydrogen-bond acceptors (Lipinski definition) is 5. The first-order valence-electron chi connectivity index (χ1n) is 8.17. The third-order valence-electron chi connectivity index (χ3n) is 4.40. The molecule has 3 aromatic rings. The van der Waals surface area contributed by atoms with Crippen molar-refractivity contribution in [1.29, 1.82) is 0 Å². The standard InChI is InChI=1S/C19H15N3O3S/c23-15-9-11(16-4-3-7-26-16)8-14-12(15)10-13(18(24)21-14)19(25)22-17-5-1-2-6-20-17/h1-7,10-11H,8-9H2,(H,21,24)(H,20,22,25). The van der Waals surface area contributed by atoms with Gasteiger partial charge in [-0.3, -0.25) is 14.4 Å². The molecular formula is C19H15N3O3S. The van der Waals surface area contributed by atoms with Gasteiger partial charge in [0.1, 0.15) is 11.4 Å². The molecule has 4 rings (SSSR count). The zero-order valence-electron chi connectivity index (χ0n) is 13.7. The number of rotatable bonds is 3. The van der Waals surface area contributed by atoms with E-state index in [1.54, 1.807) is 35.7 Å². The number of nitrogens with zero attached hydrogens (tertiary/aromatic N) is 1. The highest BCUT2D eigenvalue weighted by molar-refractivity contribution is 7.10. The highest BCUT2D eigenvalue weighted by Crippen LogP contribution is 2.33. The van der Waals surface area contributed by atoms with E-state index in [4.69, 9.17) is 0 Å². The number of anilines is 1. The van der Waals surface area contributed by atoms with Crippen LogP contribution in [0.4, 0.5) is 5.82 Å². The van der Waals surface area contributed by atoms with Crippen molar-refractivity contribution in [2.75, 3.05) is 5.32 Å². The number of aromatic nitrogens is 2. The van der Waals surface area contributed by atoms with Crippen molar-refractivity contribution in [3.63, 3.8) is 0 Å². The maximum atomic E-state index is 12.6. The van der Waals surface area contributed by atoms with E-state index in [0.29, 0.717) is 29.9 Å². The van der Waals surface area contributed by atoms with E-state index in [0.717, 1.165) is 4.88 Å². The van der Waals surface area contributed by atoms with Gasteiger partial charge in [-0.05, 0) is 36.1 Å². The molecule has 7 heteroatoms. The van der Waals surface area contributed by atoms with E-state index in [2.05, 4.69) is 15.3 Å². The van der Waals surface area contributed by atoms with E-state index >= 15 is 0 Å².